The van der Waals surface area contributed by atoms with E-state index < -0.39 is 12.7 Å². The van der Waals surface area contributed by atoms with Crippen molar-refractivity contribution in [2.24, 2.45) is 5.92 Å². The van der Waals surface area contributed by atoms with Gasteiger partial charge in [0.1, 0.15) is 6.54 Å². The van der Waals surface area contributed by atoms with Gasteiger partial charge in [0.15, 0.2) is 0 Å². The van der Waals surface area contributed by atoms with Crippen LogP contribution in [-0.2, 0) is 4.79 Å². The summed E-state index contributed by atoms with van der Waals surface area (Å²) in [7, 11) is 0. The molecule has 1 unspecified atom stereocenters. The Hall–Kier alpha value is -0.780. The summed E-state index contributed by atoms with van der Waals surface area (Å²) < 4.78 is 37.0. The van der Waals surface area contributed by atoms with E-state index in [0.717, 1.165) is 11.4 Å². The predicted octanol–water partition coefficient (Wildman–Crippen LogP) is 1.15. The van der Waals surface area contributed by atoms with E-state index in [2.05, 4.69) is 5.32 Å². The second kappa shape index (κ2) is 4.24. The normalized spacial score (nSPS) is 25.8. The van der Waals surface area contributed by atoms with Crippen LogP contribution in [0.2, 0.25) is 0 Å². The SMILES string of the molecule is O=C(C1CCNC1)N(CC(F)(F)F)C1CC1. The summed E-state index contributed by atoms with van der Waals surface area (Å²) in [6, 6.07) is -0.172. The van der Waals surface area contributed by atoms with Gasteiger partial charge in [-0.05, 0) is 25.8 Å². The summed E-state index contributed by atoms with van der Waals surface area (Å²) in [6.45, 7) is 0.147. The molecule has 1 saturated heterocycles. The Balaban J connectivity index is 1.98. The standard InChI is InChI=1S/C10H15F3N2O/c11-10(12,13)6-15(8-1-2-8)9(16)7-3-4-14-5-7/h7-8,14H,1-6H2. The Labute approximate surface area is 92.0 Å². The molecule has 2 aliphatic rings. The molecule has 2 fully saturated rings. The van der Waals surface area contributed by atoms with Crippen LogP contribution in [-0.4, -0.2) is 42.7 Å². The molecule has 1 heterocycles. The number of nitrogens with zero attached hydrogens (tertiary/aromatic N) is 1. The van der Waals surface area contributed by atoms with E-state index >= 15 is 0 Å². The highest BCUT2D eigenvalue weighted by Gasteiger charge is 2.42. The van der Waals surface area contributed by atoms with Crippen molar-refractivity contribution in [1.82, 2.24) is 10.2 Å². The van der Waals surface area contributed by atoms with E-state index in [1.807, 2.05) is 0 Å². The molecule has 6 heteroatoms. The fourth-order valence-electron chi connectivity index (χ4n) is 2.07. The van der Waals surface area contributed by atoms with E-state index in [1.54, 1.807) is 0 Å². The molecule has 16 heavy (non-hydrogen) atoms. The number of hydrogen-bond acceptors (Lipinski definition) is 2. The molecular weight excluding hydrogens is 221 g/mol. The van der Waals surface area contributed by atoms with Gasteiger partial charge in [-0.1, -0.05) is 0 Å². The van der Waals surface area contributed by atoms with Crippen molar-refractivity contribution in [1.29, 1.82) is 0 Å². The van der Waals surface area contributed by atoms with E-state index in [9.17, 15) is 18.0 Å². The number of nitrogens with one attached hydrogen (secondary N) is 1. The maximum Gasteiger partial charge on any atom is 0.406 e. The lowest BCUT2D eigenvalue weighted by molar-refractivity contribution is -0.164. The van der Waals surface area contributed by atoms with Gasteiger partial charge in [-0.15, -0.1) is 0 Å². The fourth-order valence-corrected chi connectivity index (χ4v) is 2.07. The van der Waals surface area contributed by atoms with Crippen LogP contribution in [0.4, 0.5) is 13.2 Å². The molecule has 1 aliphatic heterocycles. The summed E-state index contributed by atoms with van der Waals surface area (Å²) in [5.74, 6) is -0.590. The maximum atomic E-state index is 12.3. The zero-order valence-electron chi connectivity index (χ0n) is 8.89. The van der Waals surface area contributed by atoms with Gasteiger partial charge in [-0.3, -0.25) is 4.79 Å². The van der Waals surface area contributed by atoms with Crippen LogP contribution in [0.25, 0.3) is 0 Å². The molecule has 3 nitrogen and oxygen atoms in total. The van der Waals surface area contributed by atoms with Crippen molar-refractivity contribution in [3.63, 3.8) is 0 Å². The molecule has 0 aromatic carbocycles. The van der Waals surface area contributed by atoms with E-state index in [1.165, 1.54) is 0 Å². The van der Waals surface area contributed by atoms with Crippen molar-refractivity contribution < 1.29 is 18.0 Å². The Morgan fingerprint density at radius 1 is 1.31 bits per heavy atom. The minimum atomic E-state index is -4.29. The van der Waals surface area contributed by atoms with Crippen LogP contribution in [0.3, 0.4) is 0 Å². The van der Waals surface area contributed by atoms with Gasteiger partial charge in [0, 0.05) is 12.6 Å². The quantitative estimate of drug-likeness (QED) is 0.797. The Bertz CT molecular complexity index is 270. The molecule has 1 atom stereocenters. The Kier molecular flexibility index (Phi) is 3.10. The van der Waals surface area contributed by atoms with Crippen LogP contribution in [0.15, 0.2) is 0 Å². The van der Waals surface area contributed by atoms with Crippen molar-refractivity contribution >= 4 is 5.91 Å². The smallest absolute Gasteiger partial charge is 0.330 e. The first-order valence-corrected chi connectivity index (χ1v) is 5.55. The van der Waals surface area contributed by atoms with Crippen LogP contribution in [0, 0.1) is 5.92 Å². The number of hydrogen-bond donors (Lipinski definition) is 1. The lowest BCUT2D eigenvalue weighted by Crippen LogP contribution is -2.44. The predicted molar refractivity (Wildman–Crippen MR) is 51.8 cm³/mol. The zero-order chi connectivity index (χ0) is 11.8. The molecular formula is C10H15F3N2O. The highest BCUT2D eigenvalue weighted by Crippen LogP contribution is 2.32. The third kappa shape index (κ3) is 2.87. The fraction of sp³-hybridized carbons (Fsp3) is 0.900. The number of alkyl halides is 3. The zero-order valence-corrected chi connectivity index (χ0v) is 8.89. The van der Waals surface area contributed by atoms with Gasteiger partial charge >= 0.3 is 6.18 Å². The first-order valence-electron chi connectivity index (χ1n) is 5.55. The molecule has 0 aromatic rings. The monoisotopic (exact) mass is 236 g/mol. The summed E-state index contributed by atoms with van der Waals surface area (Å²) in [5, 5.41) is 3.00. The minimum Gasteiger partial charge on any atom is -0.330 e. The number of rotatable bonds is 3. The third-order valence-corrected chi connectivity index (χ3v) is 3.03. The topological polar surface area (TPSA) is 32.3 Å². The number of carbonyl (C=O) groups is 1. The highest BCUT2D eigenvalue weighted by molar-refractivity contribution is 5.80. The maximum absolute atomic E-state index is 12.3. The molecule has 1 saturated carbocycles. The van der Waals surface area contributed by atoms with Crippen LogP contribution in [0.1, 0.15) is 19.3 Å². The van der Waals surface area contributed by atoms with Crippen LogP contribution >= 0.6 is 0 Å². The average molecular weight is 236 g/mol. The minimum absolute atomic E-state index is 0.172. The van der Waals surface area contributed by atoms with Gasteiger partial charge < -0.3 is 10.2 Å². The second-order valence-corrected chi connectivity index (χ2v) is 4.50. The molecule has 0 aromatic heterocycles. The van der Waals surface area contributed by atoms with Crippen molar-refractivity contribution in [2.45, 2.75) is 31.5 Å². The molecule has 1 amide bonds. The first kappa shape index (κ1) is 11.7. The molecule has 0 spiro atoms. The molecule has 0 bridgehead atoms. The summed E-state index contributed by atoms with van der Waals surface area (Å²) in [5.41, 5.74) is 0. The van der Waals surface area contributed by atoms with Gasteiger partial charge in [-0.2, -0.15) is 13.2 Å². The first-order chi connectivity index (χ1) is 7.47. The molecule has 2 rings (SSSR count). The van der Waals surface area contributed by atoms with Gasteiger partial charge in [0.05, 0.1) is 5.92 Å². The Morgan fingerprint density at radius 3 is 2.44 bits per heavy atom. The van der Waals surface area contributed by atoms with Gasteiger partial charge in [-0.25, -0.2) is 0 Å². The van der Waals surface area contributed by atoms with E-state index in [0.29, 0.717) is 25.8 Å². The van der Waals surface area contributed by atoms with Crippen molar-refractivity contribution in [3.8, 4) is 0 Å². The number of amides is 1. The van der Waals surface area contributed by atoms with Crippen molar-refractivity contribution in [2.75, 3.05) is 19.6 Å². The second-order valence-electron chi connectivity index (χ2n) is 4.50. The number of halogens is 3. The molecule has 1 N–H and O–H groups in total. The lowest BCUT2D eigenvalue weighted by atomic mass is 10.1. The molecule has 1 aliphatic carbocycles. The molecule has 0 radical (unpaired) electrons. The summed E-state index contributed by atoms with van der Waals surface area (Å²) >= 11 is 0. The van der Waals surface area contributed by atoms with Gasteiger partial charge in [0.25, 0.3) is 0 Å². The third-order valence-electron chi connectivity index (χ3n) is 3.03. The average Bonchev–Trinajstić information content (AvgIpc) is 2.87. The van der Waals surface area contributed by atoms with E-state index in [-0.39, 0.29) is 17.9 Å². The van der Waals surface area contributed by atoms with E-state index in [4.69, 9.17) is 0 Å². The van der Waals surface area contributed by atoms with Crippen LogP contribution < -0.4 is 5.32 Å². The molecule has 92 valence electrons. The van der Waals surface area contributed by atoms with Crippen LogP contribution in [0.5, 0.6) is 0 Å². The Morgan fingerprint density at radius 2 is 2.00 bits per heavy atom. The summed E-state index contributed by atoms with van der Waals surface area (Å²) in [4.78, 5) is 12.9. The lowest BCUT2D eigenvalue weighted by Gasteiger charge is -2.26. The summed E-state index contributed by atoms with van der Waals surface area (Å²) in [6.07, 6.45) is -2.21. The number of carbonyl (C=O) groups excluding carboxylic acids is 1. The largest absolute Gasteiger partial charge is 0.406 e. The highest BCUT2D eigenvalue weighted by atomic mass is 19.4. The van der Waals surface area contributed by atoms with Crippen molar-refractivity contribution in [3.05, 3.63) is 0 Å². The van der Waals surface area contributed by atoms with Gasteiger partial charge in [0.2, 0.25) is 5.91 Å².